The van der Waals surface area contributed by atoms with Gasteiger partial charge in [0, 0.05) is 12.8 Å². The third-order valence-corrected chi connectivity index (χ3v) is 6.54. The Labute approximate surface area is 206 Å². The van der Waals surface area contributed by atoms with Crippen LogP contribution in [0.5, 0.6) is 0 Å². The summed E-state index contributed by atoms with van der Waals surface area (Å²) >= 11 is 0. The fourth-order valence-corrected chi connectivity index (χ4v) is 4.60. The Morgan fingerprint density at radius 2 is 1.83 bits per heavy atom. The molecule has 0 unspecified atom stereocenters. The fraction of sp³-hybridized carbons (Fsp3) is 0.654. The van der Waals surface area contributed by atoms with Gasteiger partial charge >= 0.3 is 5.97 Å². The number of esters is 1. The van der Waals surface area contributed by atoms with Crippen LogP contribution in [0.1, 0.15) is 63.4 Å². The summed E-state index contributed by atoms with van der Waals surface area (Å²) < 4.78 is 4.99. The molecule has 1 saturated carbocycles. The largest absolute Gasteiger partial charge is 0.466 e. The first-order chi connectivity index (χ1) is 16.9. The number of nitrogens with zero attached hydrogens (tertiary/aromatic N) is 1. The van der Waals surface area contributed by atoms with Crippen LogP contribution < -0.4 is 0 Å². The van der Waals surface area contributed by atoms with E-state index in [0.717, 1.165) is 6.42 Å². The predicted molar refractivity (Wildman–Crippen MR) is 130 cm³/mol. The van der Waals surface area contributed by atoms with Crippen molar-refractivity contribution in [1.29, 1.82) is 0 Å². The van der Waals surface area contributed by atoms with Crippen LogP contribution in [0.15, 0.2) is 42.5 Å². The number of carbonyl (C=O) groups excluding carboxylic acids is 1. The van der Waals surface area contributed by atoms with Gasteiger partial charge in [0.1, 0.15) is 0 Å². The van der Waals surface area contributed by atoms with Gasteiger partial charge in [-0.2, -0.15) is 0 Å². The van der Waals surface area contributed by atoms with Gasteiger partial charge in [0.25, 0.3) is 5.09 Å². The van der Waals surface area contributed by atoms with Crippen molar-refractivity contribution < 1.29 is 34.8 Å². The molecule has 1 aliphatic rings. The molecule has 0 amide bonds. The normalized spacial score (nSPS) is 22.8. The third-order valence-electron chi connectivity index (χ3n) is 6.54. The van der Waals surface area contributed by atoms with E-state index in [0.29, 0.717) is 44.9 Å². The zero-order chi connectivity index (χ0) is 25.5. The van der Waals surface area contributed by atoms with Gasteiger partial charge < -0.3 is 24.9 Å². The van der Waals surface area contributed by atoms with Gasteiger partial charge in [0.2, 0.25) is 0 Å². The highest BCUT2D eigenvalue weighted by Crippen LogP contribution is 2.38. The SMILES string of the molecule is O=C(CCC/C=C\C[C@@H]1[C@@H](CC[C@@H](O)CCc2ccccc2)[C@H](O)C[C@@H]1O)OCCCO[N+](=O)[O-]. The molecule has 0 radical (unpaired) electrons. The molecule has 9 heteroatoms. The van der Waals surface area contributed by atoms with Crippen LogP contribution in [0.4, 0.5) is 0 Å². The standard InChI is InChI=1S/C26H39NO8/c28-21(14-13-20-9-4-3-5-10-20)15-16-23-22(24(29)19-25(23)30)11-6-1-2-7-12-26(31)34-17-8-18-35-27(32)33/h1,3-6,9-10,21-25,28-30H,2,7-8,11-19H2/b6-1-/t21-,22+,23+,24-,25+/m0/s1. The van der Waals surface area contributed by atoms with Crippen molar-refractivity contribution in [2.24, 2.45) is 11.8 Å². The van der Waals surface area contributed by atoms with Crippen molar-refractivity contribution in [3.8, 4) is 0 Å². The van der Waals surface area contributed by atoms with Crippen LogP contribution in [0.3, 0.4) is 0 Å². The molecule has 2 rings (SSSR count). The van der Waals surface area contributed by atoms with Crippen molar-refractivity contribution in [2.75, 3.05) is 13.2 Å². The van der Waals surface area contributed by atoms with E-state index in [9.17, 15) is 30.2 Å². The first-order valence-corrected chi connectivity index (χ1v) is 12.5. The number of allylic oxidation sites excluding steroid dienone is 2. The Morgan fingerprint density at radius 1 is 1.09 bits per heavy atom. The molecule has 5 atom stereocenters. The summed E-state index contributed by atoms with van der Waals surface area (Å²) in [5.74, 6) is -0.441. The van der Waals surface area contributed by atoms with Crippen molar-refractivity contribution in [3.05, 3.63) is 58.2 Å². The molecule has 1 aromatic rings. The summed E-state index contributed by atoms with van der Waals surface area (Å²) in [5.41, 5.74) is 1.20. The number of aliphatic hydroxyl groups excluding tert-OH is 3. The molecule has 1 fully saturated rings. The van der Waals surface area contributed by atoms with Crippen molar-refractivity contribution in [1.82, 2.24) is 0 Å². The van der Waals surface area contributed by atoms with Crippen LogP contribution in [0, 0.1) is 22.0 Å². The summed E-state index contributed by atoms with van der Waals surface area (Å²) in [6.45, 7) is -0.00881. The second kappa shape index (κ2) is 16.2. The van der Waals surface area contributed by atoms with Crippen LogP contribution in [0.2, 0.25) is 0 Å². The molecule has 3 N–H and O–H groups in total. The minimum atomic E-state index is -0.877. The number of benzene rings is 1. The molecule has 0 heterocycles. The molecule has 1 aliphatic carbocycles. The van der Waals surface area contributed by atoms with E-state index < -0.39 is 23.4 Å². The van der Waals surface area contributed by atoms with E-state index in [1.807, 2.05) is 42.5 Å². The highest BCUT2D eigenvalue weighted by Gasteiger charge is 2.40. The molecule has 0 aliphatic heterocycles. The molecular weight excluding hydrogens is 454 g/mol. The molecule has 0 spiro atoms. The van der Waals surface area contributed by atoms with Gasteiger partial charge in [-0.1, -0.05) is 42.5 Å². The molecule has 196 valence electrons. The third kappa shape index (κ3) is 11.7. The molecule has 9 nitrogen and oxygen atoms in total. The zero-order valence-corrected chi connectivity index (χ0v) is 20.2. The van der Waals surface area contributed by atoms with Crippen LogP contribution >= 0.6 is 0 Å². The second-order valence-electron chi connectivity index (χ2n) is 9.18. The Morgan fingerprint density at radius 3 is 2.57 bits per heavy atom. The second-order valence-corrected chi connectivity index (χ2v) is 9.18. The first kappa shape index (κ1) is 28.7. The average Bonchev–Trinajstić information content (AvgIpc) is 3.10. The number of ether oxygens (including phenoxy) is 1. The number of aliphatic hydroxyl groups is 3. The zero-order valence-electron chi connectivity index (χ0n) is 20.2. The molecular formula is C26H39NO8. The summed E-state index contributed by atoms with van der Waals surface area (Å²) in [6, 6.07) is 10.0. The number of unbranched alkanes of at least 4 members (excludes halogenated alkanes) is 1. The molecule has 0 saturated heterocycles. The van der Waals surface area contributed by atoms with Crippen molar-refractivity contribution in [3.63, 3.8) is 0 Å². The molecule has 35 heavy (non-hydrogen) atoms. The minimum Gasteiger partial charge on any atom is -0.466 e. The summed E-state index contributed by atoms with van der Waals surface area (Å²) in [7, 11) is 0. The van der Waals surface area contributed by atoms with E-state index in [4.69, 9.17) is 4.74 Å². The summed E-state index contributed by atoms with van der Waals surface area (Å²) in [4.78, 5) is 25.8. The summed E-state index contributed by atoms with van der Waals surface area (Å²) in [5, 5.41) is 40.4. The first-order valence-electron chi connectivity index (χ1n) is 12.5. The van der Waals surface area contributed by atoms with Crippen LogP contribution in [-0.4, -0.2) is 57.9 Å². The molecule has 1 aromatic carbocycles. The van der Waals surface area contributed by atoms with E-state index >= 15 is 0 Å². The van der Waals surface area contributed by atoms with Gasteiger partial charge in [-0.3, -0.25) is 4.79 Å². The van der Waals surface area contributed by atoms with E-state index in [2.05, 4.69) is 4.84 Å². The lowest BCUT2D eigenvalue weighted by atomic mass is 9.85. The quantitative estimate of drug-likeness (QED) is 0.0987. The van der Waals surface area contributed by atoms with Crippen molar-refractivity contribution in [2.45, 2.75) is 82.5 Å². The van der Waals surface area contributed by atoms with E-state index in [1.165, 1.54) is 5.56 Å². The lowest BCUT2D eigenvalue weighted by Crippen LogP contribution is -2.23. The monoisotopic (exact) mass is 493 g/mol. The minimum absolute atomic E-state index is 0.0460. The maximum Gasteiger partial charge on any atom is 0.305 e. The number of aryl methyl sites for hydroxylation is 1. The molecule has 0 bridgehead atoms. The maximum absolute atomic E-state index is 11.7. The number of rotatable bonds is 17. The van der Waals surface area contributed by atoms with Gasteiger partial charge in [0.05, 0.1) is 31.5 Å². The highest BCUT2D eigenvalue weighted by atomic mass is 16.9. The van der Waals surface area contributed by atoms with E-state index in [-0.39, 0.29) is 43.9 Å². The highest BCUT2D eigenvalue weighted by molar-refractivity contribution is 5.69. The lowest BCUT2D eigenvalue weighted by molar-refractivity contribution is -0.757. The van der Waals surface area contributed by atoms with Gasteiger partial charge in [-0.05, 0) is 68.8 Å². The van der Waals surface area contributed by atoms with Crippen LogP contribution in [-0.2, 0) is 20.8 Å². The maximum atomic E-state index is 11.7. The van der Waals surface area contributed by atoms with Gasteiger partial charge in [-0.25, -0.2) is 0 Å². The van der Waals surface area contributed by atoms with Crippen LogP contribution in [0.25, 0.3) is 0 Å². The Bertz CT molecular complexity index is 772. The van der Waals surface area contributed by atoms with E-state index in [1.54, 1.807) is 0 Å². The Balaban J connectivity index is 1.62. The average molecular weight is 494 g/mol. The number of carbonyl (C=O) groups is 1. The summed E-state index contributed by atoms with van der Waals surface area (Å²) in [6.07, 6.45) is 8.01. The van der Waals surface area contributed by atoms with Gasteiger partial charge in [-0.15, -0.1) is 10.1 Å². The molecule has 0 aromatic heterocycles. The smallest absolute Gasteiger partial charge is 0.305 e. The van der Waals surface area contributed by atoms with Crippen molar-refractivity contribution >= 4 is 5.97 Å². The van der Waals surface area contributed by atoms with Gasteiger partial charge in [0.15, 0.2) is 0 Å². The topological polar surface area (TPSA) is 139 Å². The Hall–Kier alpha value is -2.49. The Kier molecular flexibility index (Phi) is 13.3. The number of hydrogen-bond donors (Lipinski definition) is 3. The number of hydrogen-bond acceptors (Lipinski definition) is 8. The lowest BCUT2D eigenvalue weighted by Gasteiger charge is -2.23. The fourth-order valence-electron chi connectivity index (χ4n) is 4.60. The predicted octanol–water partition coefficient (Wildman–Crippen LogP) is 3.38.